The summed E-state index contributed by atoms with van der Waals surface area (Å²) in [5.74, 6) is 1.88. The molecule has 1 atom stereocenters. The average molecular weight is 182 g/mol. The zero-order valence-corrected chi connectivity index (χ0v) is 8.38. The highest BCUT2D eigenvalue weighted by Gasteiger charge is 2.01. The largest absolute Gasteiger partial charge is 0.328 e. The molecule has 0 radical (unpaired) electrons. The van der Waals surface area contributed by atoms with E-state index in [1.165, 1.54) is 0 Å². The van der Waals surface area contributed by atoms with Gasteiger partial charge in [-0.25, -0.2) is 4.98 Å². The molecule has 0 saturated carbocycles. The van der Waals surface area contributed by atoms with Crippen LogP contribution in [0.15, 0.2) is 0 Å². The van der Waals surface area contributed by atoms with Gasteiger partial charge in [-0.15, -0.1) is 0 Å². The van der Waals surface area contributed by atoms with Crippen LogP contribution in [-0.4, -0.2) is 21.2 Å². The first-order valence-electron chi connectivity index (χ1n) is 4.88. The van der Waals surface area contributed by atoms with Crippen molar-refractivity contribution in [3.63, 3.8) is 0 Å². The van der Waals surface area contributed by atoms with Gasteiger partial charge in [-0.1, -0.05) is 6.92 Å². The second kappa shape index (κ2) is 4.97. The predicted octanol–water partition coefficient (Wildman–Crippen LogP) is 1.04. The Morgan fingerprint density at radius 2 is 2.31 bits per heavy atom. The number of aromatic nitrogens is 3. The first-order chi connectivity index (χ1) is 6.22. The Labute approximate surface area is 78.9 Å². The number of nitrogens with two attached hydrogens (primary N) is 1. The van der Waals surface area contributed by atoms with E-state index < -0.39 is 0 Å². The average Bonchev–Trinajstić information content (AvgIpc) is 2.52. The lowest BCUT2D eigenvalue weighted by Crippen LogP contribution is -2.14. The normalized spacial score (nSPS) is 13.2. The third-order valence-corrected chi connectivity index (χ3v) is 1.97. The lowest BCUT2D eigenvalue weighted by atomic mass is 10.1. The Morgan fingerprint density at radius 3 is 2.85 bits per heavy atom. The van der Waals surface area contributed by atoms with E-state index >= 15 is 0 Å². The molecule has 0 spiro atoms. The molecule has 1 aromatic rings. The quantitative estimate of drug-likeness (QED) is 0.715. The minimum atomic E-state index is 0.286. The van der Waals surface area contributed by atoms with E-state index in [0.29, 0.717) is 0 Å². The van der Waals surface area contributed by atoms with Gasteiger partial charge in [0.2, 0.25) is 0 Å². The molecule has 1 rings (SSSR count). The summed E-state index contributed by atoms with van der Waals surface area (Å²) in [4.78, 5) is 4.32. The van der Waals surface area contributed by atoms with Gasteiger partial charge in [0.1, 0.15) is 11.6 Å². The lowest BCUT2D eigenvalue weighted by molar-refractivity contribution is 0.614. The highest BCUT2D eigenvalue weighted by molar-refractivity contribution is 4.89. The van der Waals surface area contributed by atoms with Gasteiger partial charge in [-0.05, 0) is 19.8 Å². The molecule has 1 aromatic heterocycles. The number of nitrogens with zero attached hydrogens (tertiary/aromatic N) is 2. The highest BCUT2D eigenvalue weighted by atomic mass is 15.2. The second-order valence-corrected chi connectivity index (χ2v) is 3.42. The molecule has 1 heterocycles. The van der Waals surface area contributed by atoms with Gasteiger partial charge in [0.25, 0.3) is 0 Å². The van der Waals surface area contributed by atoms with E-state index in [-0.39, 0.29) is 6.04 Å². The Morgan fingerprint density at radius 1 is 1.54 bits per heavy atom. The van der Waals surface area contributed by atoms with Crippen molar-refractivity contribution in [1.29, 1.82) is 0 Å². The summed E-state index contributed by atoms with van der Waals surface area (Å²) in [7, 11) is 0. The fourth-order valence-electron chi connectivity index (χ4n) is 1.20. The summed E-state index contributed by atoms with van der Waals surface area (Å²) in [5.41, 5.74) is 5.64. The molecule has 0 aliphatic carbocycles. The number of aromatic amines is 1. The maximum absolute atomic E-state index is 5.64. The van der Waals surface area contributed by atoms with E-state index in [1.807, 2.05) is 6.92 Å². The maximum Gasteiger partial charge on any atom is 0.150 e. The minimum Gasteiger partial charge on any atom is -0.328 e. The van der Waals surface area contributed by atoms with Crippen LogP contribution in [0.3, 0.4) is 0 Å². The lowest BCUT2D eigenvalue weighted by Gasteiger charge is -2.01. The molecule has 74 valence electrons. The zero-order valence-electron chi connectivity index (χ0n) is 8.38. The van der Waals surface area contributed by atoms with Gasteiger partial charge in [0.05, 0.1) is 0 Å². The smallest absolute Gasteiger partial charge is 0.150 e. The maximum atomic E-state index is 5.64. The topological polar surface area (TPSA) is 67.6 Å². The van der Waals surface area contributed by atoms with E-state index in [1.54, 1.807) is 0 Å². The van der Waals surface area contributed by atoms with Crippen LogP contribution in [0, 0.1) is 0 Å². The van der Waals surface area contributed by atoms with Crippen LogP contribution >= 0.6 is 0 Å². The molecule has 0 aliphatic heterocycles. The van der Waals surface area contributed by atoms with Crippen molar-refractivity contribution >= 4 is 0 Å². The Kier molecular flexibility index (Phi) is 3.89. The summed E-state index contributed by atoms with van der Waals surface area (Å²) < 4.78 is 0. The van der Waals surface area contributed by atoms with Crippen LogP contribution < -0.4 is 5.73 Å². The monoisotopic (exact) mass is 182 g/mol. The van der Waals surface area contributed by atoms with Crippen molar-refractivity contribution in [2.45, 2.75) is 45.6 Å². The van der Waals surface area contributed by atoms with Crippen molar-refractivity contribution in [2.75, 3.05) is 0 Å². The van der Waals surface area contributed by atoms with Gasteiger partial charge in [-0.3, -0.25) is 5.10 Å². The van der Waals surface area contributed by atoms with E-state index in [2.05, 4.69) is 22.1 Å². The van der Waals surface area contributed by atoms with Crippen LogP contribution in [0.4, 0.5) is 0 Å². The van der Waals surface area contributed by atoms with Gasteiger partial charge in [-0.2, -0.15) is 5.10 Å². The predicted molar refractivity (Wildman–Crippen MR) is 52.3 cm³/mol. The molecule has 3 N–H and O–H groups in total. The number of rotatable bonds is 5. The third-order valence-electron chi connectivity index (χ3n) is 1.97. The third kappa shape index (κ3) is 3.55. The van der Waals surface area contributed by atoms with Crippen LogP contribution in [-0.2, 0) is 12.8 Å². The number of nitrogens with one attached hydrogen (secondary N) is 1. The molecule has 0 bridgehead atoms. The number of H-pyrrole nitrogens is 1. The van der Waals surface area contributed by atoms with E-state index in [4.69, 9.17) is 5.73 Å². The van der Waals surface area contributed by atoms with Crippen molar-refractivity contribution in [2.24, 2.45) is 5.73 Å². The molecule has 1 unspecified atom stereocenters. The summed E-state index contributed by atoms with van der Waals surface area (Å²) in [6, 6.07) is 0.286. The van der Waals surface area contributed by atoms with Crippen LogP contribution in [0.25, 0.3) is 0 Å². The van der Waals surface area contributed by atoms with Crippen LogP contribution in [0.1, 0.15) is 38.3 Å². The first kappa shape index (κ1) is 10.2. The Bertz CT molecular complexity index is 242. The molecule has 0 fully saturated rings. The highest BCUT2D eigenvalue weighted by Crippen LogP contribution is 2.01. The molecule has 0 saturated heterocycles. The molecule has 4 heteroatoms. The fraction of sp³-hybridized carbons (Fsp3) is 0.778. The SMILES string of the molecule is CCc1n[nH]c(CCCC(C)N)n1. The van der Waals surface area contributed by atoms with Gasteiger partial charge in [0, 0.05) is 18.9 Å². The molecule has 13 heavy (non-hydrogen) atoms. The van der Waals surface area contributed by atoms with Gasteiger partial charge >= 0.3 is 0 Å². The molecule has 0 aromatic carbocycles. The standard InChI is InChI=1S/C9H18N4/c1-3-8-11-9(13-12-8)6-4-5-7(2)10/h7H,3-6,10H2,1-2H3,(H,11,12,13). The zero-order chi connectivity index (χ0) is 9.68. The first-order valence-corrected chi connectivity index (χ1v) is 4.88. The van der Waals surface area contributed by atoms with Gasteiger partial charge < -0.3 is 5.73 Å². The van der Waals surface area contributed by atoms with Crippen molar-refractivity contribution in [3.05, 3.63) is 11.6 Å². The van der Waals surface area contributed by atoms with Gasteiger partial charge in [0.15, 0.2) is 0 Å². The molecule has 0 amide bonds. The minimum absolute atomic E-state index is 0.286. The van der Waals surface area contributed by atoms with Crippen molar-refractivity contribution in [3.8, 4) is 0 Å². The number of hydrogen-bond donors (Lipinski definition) is 2. The summed E-state index contributed by atoms with van der Waals surface area (Å²) >= 11 is 0. The Balaban J connectivity index is 2.28. The van der Waals surface area contributed by atoms with Crippen molar-refractivity contribution < 1.29 is 0 Å². The number of hydrogen-bond acceptors (Lipinski definition) is 3. The number of aryl methyl sites for hydroxylation is 2. The fourth-order valence-corrected chi connectivity index (χ4v) is 1.20. The molecule has 4 nitrogen and oxygen atoms in total. The summed E-state index contributed by atoms with van der Waals surface area (Å²) in [5, 5.41) is 6.99. The molecule has 0 aliphatic rings. The Hall–Kier alpha value is -0.900. The van der Waals surface area contributed by atoms with Crippen LogP contribution in [0.2, 0.25) is 0 Å². The van der Waals surface area contributed by atoms with E-state index in [0.717, 1.165) is 37.3 Å². The van der Waals surface area contributed by atoms with Crippen LogP contribution in [0.5, 0.6) is 0 Å². The molecular weight excluding hydrogens is 164 g/mol. The van der Waals surface area contributed by atoms with E-state index in [9.17, 15) is 0 Å². The second-order valence-electron chi connectivity index (χ2n) is 3.42. The van der Waals surface area contributed by atoms with Crippen molar-refractivity contribution in [1.82, 2.24) is 15.2 Å². The summed E-state index contributed by atoms with van der Waals surface area (Å²) in [6.07, 6.45) is 3.97. The molecular formula is C9H18N4. The summed E-state index contributed by atoms with van der Waals surface area (Å²) in [6.45, 7) is 4.08.